The Balaban J connectivity index is 2.18. The maximum Gasteiger partial charge on any atom is 0.274 e. The molecule has 0 unspecified atom stereocenters. The summed E-state index contributed by atoms with van der Waals surface area (Å²) in [6.07, 6.45) is 1.31. The van der Waals surface area contributed by atoms with E-state index in [9.17, 15) is 18.4 Å². The first-order chi connectivity index (χ1) is 10.9. The molecule has 0 bridgehead atoms. The number of amides is 2. The van der Waals surface area contributed by atoms with Crippen molar-refractivity contribution >= 4 is 17.5 Å². The van der Waals surface area contributed by atoms with Gasteiger partial charge in [0.1, 0.15) is 17.3 Å². The quantitative estimate of drug-likeness (QED) is 0.910. The van der Waals surface area contributed by atoms with Crippen molar-refractivity contribution in [2.24, 2.45) is 0 Å². The van der Waals surface area contributed by atoms with Crippen molar-refractivity contribution in [2.45, 2.75) is 19.9 Å². The first kappa shape index (κ1) is 16.5. The zero-order chi connectivity index (χ0) is 17.0. The van der Waals surface area contributed by atoms with E-state index in [2.05, 4.69) is 15.6 Å². The summed E-state index contributed by atoms with van der Waals surface area (Å²) in [6, 6.07) is 5.51. The highest BCUT2D eigenvalue weighted by Gasteiger charge is 2.14. The van der Waals surface area contributed by atoms with Gasteiger partial charge in [0, 0.05) is 23.9 Å². The molecule has 0 aliphatic carbocycles. The second-order valence-corrected chi connectivity index (χ2v) is 5.14. The van der Waals surface area contributed by atoms with Crippen LogP contribution < -0.4 is 10.6 Å². The molecule has 0 fully saturated rings. The fraction of sp³-hybridized carbons (Fsp3) is 0.188. The third-order valence-corrected chi connectivity index (χ3v) is 2.85. The molecule has 120 valence electrons. The van der Waals surface area contributed by atoms with Crippen molar-refractivity contribution in [1.82, 2.24) is 10.3 Å². The third-order valence-electron chi connectivity index (χ3n) is 2.85. The molecular formula is C16H15F2N3O2. The second kappa shape index (κ2) is 6.95. The topological polar surface area (TPSA) is 71.1 Å². The van der Waals surface area contributed by atoms with E-state index in [1.807, 2.05) is 13.8 Å². The van der Waals surface area contributed by atoms with E-state index in [1.54, 1.807) is 0 Å². The minimum Gasteiger partial charge on any atom is -0.350 e. The Bertz CT molecular complexity index is 748. The molecule has 0 atom stereocenters. The van der Waals surface area contributed by atoms with Gasteiger partial charge in [-0.25, -0.2) is 8.78 Å². The number of nitrogens with one attached hydrogen (secondary N) is 2. The predicted molar refractivity (Wildman–Crippen MR) is 81.2 cm³/mol. The Hall–Kier alpha value is -2.83. The van der Waals surface area contributed by atoms with Gasteiger partial charge < -0.3 is 10.6 Å². The molecule has 2 amide bonds. The lowest BCUT2D eigenvalue weighted by Gasteiger charge is -2.09. The van der Waals surface area contributed by atoms with Crippen LogP contribution in [0.1, 0.15) is 34.7 Å². The SMILES string of the molecule is CC(C)NC(=O)c1ccnc(C(=O)Nc2ccc(F)cc2F)c1. The molecule has 23 heavy (non-hydrogen) atoms. The Kier molecular flexibility index (Phi) is 5.00. The molecule has 0 aliphatic rings. The van der Waals surface area contributed by atoms with E-state index in [0.29, 0.717) is 6.07 Å². The highest BCUT2D eigenvalue weighted by molar-refractivity contribution is 6.04. The number of hydrogen-bond donors (Lipinski definition) is 2. The molecule has 0 saturated carbocycles. The molecule has 1 heterocycles. The lowest BCUT2D eigenvalue weighted by atomic mass is 10.2. The number of nitrogens with zero attached hydrogens (tertiary/aromatic N) is 1. The molecule has 1 aromatic carbocycles. The number of anilines is 1. The van der Waals surface area contributed by atoms with Crippen LogP contribution in [0.2, 0.25) is 0 Å². The fourth-order valence-electron chi connectivity index (χ4n) is 1.82. The lowest BCUT2D eigenvalue weighted by molar-refractivity contribution is 0.0943. The molecule has 0 saturated heterocycles. The number of benzene rings is 1. The number of halogens is 2. The minimum absolute atomic E-state index is 0.0508. The van der Waals surface area contributed by atoms with Gasteiger partial charge in [-0.2, -0.15) is 0 Å². The second-order valence-electron chi connectivity index (χ2n) is 5.14. The van der Waals surface area contributed by atoms with Crippen LogP contribution >= 0.6 is 0 Å². The monoisotopic (exact) mass is 319 g/mol. The van der Waals surface area contributed by atoms with Crippen molar-refractivity contribution in [3.05, 3.63) is 59.4 Å². The van der Waals surface area contributed by atoms with Crippen LogP contribution in [0, 0.1) is 11.6 Å². The van der Waals surface area contributed by atoms with E-state index in [-0.39, 0.29) is 28.9 Å². The first-order valence-corrected chi connectivity index (χ1v) is 6.90. The number of aromatic nitrogens is 1. The average Bonchev–Trinajstić information content (AvgIpc) is 2.49. The summed E-state index contributed by atoms with van der Waals surface area (Å²) in [7, 11) is 0. The summed E-state index contributed by atoms with van der Waals surface area (Å²) in [4.78, 5) is 27.8. The smallest absolute Gasteiger partial charge is 0.274 e. The molecule has 0 radical (unpaired) electrons. The number of pyridine rings is 1. The van der Waals surface area contributed by atoms with Crippen LogP contribution in [-0.2, 0) is 0 Å². The van der Waals surface area contributed by atoms with Gasteiger partial charge >= 0.3 is 0 Å². The van der Waals surface area contributed by atoms with Gasteiger partial charge in [-0.1, -0.05) is 0 Å². The van der Waals surface area contributed by atoms with E-state index in [0.717, 1.165) is 12.1 Å². The van der Waals surface area contributed by atoms with Crippen molar-refractivity contribution in [2.75, 3.05) is 5.32 Å². The molecule has 5 nitrogen and oxygen atoms in total. The Morgan fingerprint density at radius 2 is 1.83 bits per heavy atom. The zero-order valence-corrected chi connectivity index (χ0v) is 12.6. The Labute approximate surface area is 131 Å². The van der Waals surface area contributed by atoms with Gasteiger partial charge in [-0.3, -0.25) is 14.6 Å². The summed E-state index contributed by atoms with van der Waals surface area (Å²) in [6.45, 7) is 3.62. The molecule has 2 rings (SSSR count). The average molecular weight is 319 g/mol. The summed E-state index contributed by atoms with van der Waals surface area (Å²) in [5.41, 5.74) is 0.0406. The van der Waals surface area contributed by atoms with Gasteiger partial charge in [-0.15, -0.1) is 0 Å². The Morgan fingerprint density at radius 3 is 2.48 bits per heavy atom. The molecular weight excluding hydrogens is 304 g/mol. The Morgan fingerprint density at radius 1 is 1.09 bits per heavy atom. The number of rotatable bonds is 4. The van der Waals surface area contributed by atoms with Crippen LogP contribution in [0.4, 0.5) is 14.5 Å². The van der Waals surface area contributed by atoms with Gasteiger partial charge in [-0.05, 0) is 38.1 Å². The van der Waals surface area contributed by atoms with Crippen molar-refractivity contribution in [3.8, 4) is 0 Å². The number of hydrogen-bond acceptors (Lipinski definition) is 3. The van der Waals surface area contributed by atoms with E-state index in [1.165, 1.54) is 18.3 Å². The van der Waals surface area contributed by atoms with E-state index < -0.39 is 17.5 Å². The standard InChI is InChI=1S/C16H15F2N3O2/c1-9(2)20-15(22)10-5-6-19-14(7-10)16(23)21-13-4-3-11(17)8-12(13)18/h3-9H,1-2H3,(H,20,22)(H,21,23). The summed E-state index contributed by atoms with van der Waals surface area (Å²) >= 11 is 0. The number of carbonyl (C=O) groups excluding carboxylic acids is 2. The van der Waals surface area contributed by atoms with Crippen molar-refractivity contribution in [1.29, 1.82) is 0 Å². The molecule has 2 N–H and O–H groups in total. The third kappa shape index (κ3) is 4.32. The van der Waals surface area contributed by atoms with E-state index in [4.69, 9.17) is 0 Å². The maximum absolute atomic E-state index is 13.5. The summed E-state index contributed by atoms with van der Waals surface area (Å²) in [5.74, 6) is -2.68. The van der Waals surface area contributed by atoms with Gasteiger partial charge in [0.05, 0.1) is 5.69 Å². The fourth-order valence-corrected chi connectivity index (χ4v) is 1.82. The maximum atomic E-state index is 13.5. The van der Waals surface area contributed by atoms with Crippen LogP contribution in [0.25, 0.3) is 0 Å². The van der Waals surface area contributed by atoms with Gasteiger partial charge in [0.2, 0.25) is 0 Å². The van der Waals surface area contributed by atoms with Crippen LogP contribution in [0.15, 0.2) is 36.5 Å². The molecule has 0 spiro atoms. The van der Waals surface area contributed by atoms with Crippen molar-refractivity contribution < 1.29 is 18.4 Å². The molecule has 2 aromatic rings. The first-order valence-electron chi connectivity index (χ1n) is 6.90. The minimum atomic E-state index is -0.896. The molecule has 1 aromatic heterocycles. The highest BCUT2D eigenvalue weighted by atomic mass is 19.1. The van der Waals surface area contributed by atoms with Crippen molar-refractivity contribution in [3.63, 3.8) is 0 Å². The van der Waals surface area contributed by atoms with Crippen LogP contribution in [0.3, 0.4) is 0 Å². The summed E-state index contributed by atoms with van der Waals surface area (Å²) in [5, 5.41) is 4.98. The lowest BCUT2D eigenvalue weighted by Crippen LogP contribution is -2.30. The number of carbonyl (C=O) groups is 2. The van der Waals surface area contributed by atoms with Gasteiger partial charge in [0.15, 0.2) is 0 Å². The summed E-state index contributed by atoms with van der Waals surface area (Å²) < 4.78 is 26.4. The molecule has 7 heteroatoms. The largest absolute Gasteiger partial charge is 0.350 e. The highest BCUT2D eigenvalue weighted by Crippen LogP contribution is 2.16. The zero-order valence-electron chi connectivity index (χ0n) is 12.6. The van der Waals surface area contributed by atoms with Crippen LogP contribution in [-0.4, -0.2) is 22.8 Å². The van der Waals surface area contributed by atoms with Gasteiger partial charge in [0.25, 0.3) is 11.8 Å². The molecule has 0 aliphatic heterocycles. The van der Waals surface area contributed by atoms with Crippen LogP contribution in [0.5, 0.6) is 0 Å². The van der Waals surface area contributed by atoms with E-state index >= 15 is 0 Å². The normalized spacial score (nSPS) is 10.5. The predicted octanol–water partition coefficient (Wildman–Crippen LogP) is 2.75.